The Morgan fingerprint density at radius 3 is 1.53 bits per heavy atom. The zero-order chi connectivity index (χ0) is 21.7. The molecule has 0 atom stereocenters. The van der Waals surface area contributed by atoms with Crippen LogP contribution in [0.4, 0.5) is 0 Å². The number of thiophene rings is 2. The van der Waals surface area contributed by atoms with Crippen LogP contribution in [0.25, 0.3) is 15.3 Å². The predicted molar refractivity (Wildman–Crippen MR) is 146 cm³/mol. The lowest BCUT2D eigenvalue weighted by Gasteiger charge is -2.12. The number of rotatable bonds is 12. The van der Waals surface area contributed by atoms with E-state index in [1.165, 1.54) is 70.9 Å². The molecule has 2 aromatic rings. The third-order valence-electron chi connectivity index (χ3n) is 5.55. The maximum atomic E-state index is 2.51. The van der Waals surface area contributed by atoms with Crippen molar-refractivity contribution in [3.63, 3.8) is 0 Å². The first-order chi connectivity index (χ1) is 14.5. The standard InChI is InChI=1S/C26H38S4/c1-7-9-11-13-27-26(28-14-12-10-8-2)23-19-15-21(17(3)4)29-24(19)25-20(23)16-22(30-25)18(5)6/h15-18H,7-14H2,1-6H3. The fourth-order valence-electron chi connectivity index (χ4n) is 3.68. The van der Waals surface area contributed by atoms with E-state index in [9.17, 15) is 0 Å². The number of thioether (sulfide) groups is 2. The average molecular weight is 479 g/mol. The van der Waals surface area contributed by atoms with E-state index in [0.29, 0.717) is 11.8 Å². The highest BCUT2D eigenvalue weighted by Crippen LogP contribution is 2.57. The van der Waals surface area contributed by atoms with Crippen LogP contribution in [0, 0.1) is 0 Å². The molecule has 2 heterocycles. The summed E-state index contributed by atoms with van der Waals surface area (Å²) >= 11 is 8.34. The number of unbranched alkanes of at least 4 members (excludes halogenated alkanes) is 4. The average Bonchev–Trinajstić information content (AvgIpc) is 3.38. The van der Waals surface area contributed by atoms with Crippen molar-refractivity contribution in [3.8, 4) is 9.75 Å². The van der Waals surface area contributed by atoms with E-state index in [-0.39, 0.29) is 0 Å². The van der Waals surface area contributed by atoms with Gasteiger partial charge in [-0.05, 0) is 48.3 Å². The summed E-state index contributed by atoms with van der Waals surface area (Å²) < 4.78 is 1.59. The Kier molecular flexibility index (Phi) is 9.49. The molecule has 1 aliphatic carbocycles. The van der Waals surface area contributed by atoms with Crippen LogP contribution in [-0.2, 0) is 0 Å². The Balaban J connectivity index is 2.03. The third kappa shape index (κ3) is 5.60. The topological polar surface area (TPSA) is 0 Å². The molecule has 0 radical (unpaired) electrons. The maximum absolute atomic E-state index is 2.51. The van der Waals surface area contributed by atoms with E-state index in [2.05, 4.69) is 77.2 Å². The number of fused-ring (bicyclic) bond motifs is 3. The molecule has 4 heteroatoms. The summed E-state index contributed by atoms with van der Waals surface area (Å²) in [5.74, 6) is 3.71. The number of hydrogen-bond acceptors (Lipinski definition) is 4. The Morgan fingerprint density at radius 1 is 0.733 bits per heavy atom. The van der Waals surface area contributed by atoms with Crippen LogP contribution in [0.5, 0.6) is 0 Å². The summed E-state index contributed by atoms with van der Waals surface area (Å²) in [7, 11) is 0. The Bertz CT molecular complexity index is 782. The van der Waals surface area contributed by atoms with Gasteiger partial charge in [0.2, 0.25) is 0 Å². The van der Waals surface area contributed by atoms with Crippen molar-refractivity contribution in [2.24, 2.45) is 0 Å². The lowest BCUT2D eigenvalue weighted by atomic mass is 10.1. The van der Waals surface area contributed by atoms with Crippen LogP contribution in [0.1, 0.15) is 113 Å². The highest BCUT2D eigenvalue weighted by molar-refractivity contribution is 8.22. The van der Waals surface area contributed by atoms with E-state index in [1.54, 1.807) is 19.6 Å². The molecule has 0 unspecified atom stereocenters. The smallest absolute Gasteiger partial charge is 0.0531 e. The molecule has 0 saturated heterocycles. The molecule has 0 aliphatic heterocycles. The van der Waals surface area contributed by atoms with Crippen molar-refractivity contribution in [2.45, 2.75) is 91.9 Å². The highest BCUT2D eigenvalue weighted by Gasteiger charge is 2.32. The second kappa shape index (κ2) is 11.6. The van der Waals surface area contributed by atoms with Crippen molar-refractivity contribution in [2.75, 3.05) is 11.5 Å². The lowest BCUT2D eigenvalue weighted by molar-refractivity contribution is 0.778. The van der Waals surface area contributed by atoms with E-state index in [1.807, 2.05) is 22.7 Å². The van der Waals surface area contributed by atoms with Gasteiger partial charge in [0.05, 0.1) is 9.75 Å². The Labute approximate surface area is 201 Å². The van der Waals surface area contributed by atoms with Crippen molar-refractivity contribution in [1.82, 2.24) is 0 Å². The van der Waals surface area contributed by atoms with Gasteiger partial charge in [-0.25, -0.2) is 0 Å². The van der Waals surface area contributed by atoms with Gasteiger partial charge in [0.15, 0.2) is 0 Å². The van der Waals surface area contributed by atoms with Crippen molar-refractivity contribution >= 4 is 51.8 Å². The molecule has 0 bridgehead atoms. The van der Waals surface area contributed by atoms with Gasteiger partial charge >= 0.3 is 0 Å². The van der Waals surface area contributed by atoms with Gasteiger partial charge in [0.1, 0.15) is 0 Å². The van der Waals surface area contributed by atoms with Gasteiger partial charge in [-0.3, -0.25) is 0 Å². The van der Waals surface area contributed by atoms with Gasteiger partial charge in [0, 0.05) is 30.7 Å². The van der Waals surface area contributed by atoms with Crippen LogP contribution in [0.2, 0.25) is 0 Å². The summed E-state index contributed by atoms with van der Waals surface area (Å²) in [6.07, 6.45) is 7.95. The van der Waals surface area contributed by atoms with Crippen LogP contribution >= 0.6 is 46.2 Å². The molecule has 2 aromatic heterocycles. The minimum Gasteiger partial charge on any atom is -0.138 e. The Hall–Kier alpha value is -0.160. The predicted octanol–water partition coefficient (Wildman–Crippen LogP) is 10.6. The quantitative estimate of drug-likeness (QED) is 0.237. The molecular weight excluding hydrogens is 441 g/mol. The van der Waals surface area contributed by atoms with Gasteiger partial charge in [-0.2, -0.15) is 0 Å². The minimum absolute atomic E-state index is 0.604. The molecule has 0 amide bonds. The molecule has 166 valence electrons. The van der Waals surface area contributed by atoms with Crippen LogP contribution < -0.4 is 0 Å². The molecule has 3 rings (SSSR count). The second-order valence-corrected chi connectivity index (χ2v) is 13.5. The van der Waals surface area contributed by atoms with Crippen molar-refractivity contribution < 1.29 is 0 Å². The summed E-state index contributed by atoms with van der Waals surface area (Å²) in [6.45, 7) is 13.9. The first-order valence-corrected chi connectivity index (χ1v) is 15.4. The molecule has 0 spiro atoms. The van der Waals surface area contributed by atoms with Gasteiger partial charge in [-0.15, -0.1) is 46.2 Å². The largest absolute Gasteiger partial charge is 0.138 e. The van der Waals surface area contributed by atoms with E-state index in [0.717, 1.165) is 0 Å². The SMILES string of the molecule is CCCCCSC(SCCCCC)=C1c2cc(C(C)C)sc2-c2sc(C(C)C)cc21. The third-order valence-corrected chi connectivity index (χ3v) is 11.2. The fourth-order valence-corrected chi connectivity index (χ4v) is 8.81. The molecule has 0 saturated carbocycles. The summed E-state index contributed by atoms with van der Waals surface area (Å²) in [6, 6.07) is 5.03. The van der Waals surface area contributed by atoms with Crippen molar-refractivity contribution in [1.29, 1.82) is 0 Å². The maximum Gasteiger partial charge on any atom is 0.0531 e. The van der Waals surface area contributed by atoms with E-state index < -0.39 is 0 Å². The fraction of sp³-hybridized carbons (Fsp3) is 0.615. The summed E-state index contributed by atoms with van der Waals surface area (Å²) in [5, 5.41) is 0. The first kappa shape index (κ1) is 24.5. The first-order valence-electron chi connectivity index (χ1n) is 11.8. The molecule has 0 aromatic carbocycles. The summed E-state index contributed by atoms with van der Waals surface area (Å²) in [5.41, 5.74) is 4.62. The van der Waals surface area contributed by atoms with Gasteiger partial charge in [0.25, 0.3) is 0 Å². The van der Waals surface area contributed by atoms with Crippen LogP contribution in [0.3, 0.4) is 0 Å². The lowest BCUT2D eigenvalue weighted by Crippen LogP contribution is -1.90. The van der Waals surface area contributed by atoms with Gasteiger partial charge < -0.3 is 0 Å². The number of hydrogen-bond donors (Lipinski definition) is 0. The Morgan fingerprint density at radius 2 is 1.17 bits per heavy atom. The molecule has 0 nitrogen and oxygen atoms in total. The van der Waals surface area contributed by atoms with Crippen molar-refractivity contribution in [3.05, 3.63) is 37.3 Å². The minimum atomic E-state index is 0.604. The monoisotopic (exact) mass is 478 g/mol. The zero-order valence-electron chi connectivity index (χ0n) is 19.6. The van der Waals surface area contributed by atoms with Crippen LogP contribution in [0.15, 0.2) is 16.4 Å². The molecule has 30 heavy (non-hydrogen) atoms. The molecule has 0 N–H and O–H groups in total. The van der Waals surface area contributed by atoms with Crippen LogP contribution in [-0.4, -0.2) is 11.5 Å². The molecule has 1 aliphatic rings. The van der Waals surface area contributed by atoms with E-state index >= 15 is 0 Å². The normalized spacial score (nSPS) is 12.9. The van der Waals surface area contributed by atoms with E-state index in [4.69, 9.17) is 0 Å². The second-order valence-electron chi connectivity index (χ2n) is 8.87. The molecule has 0 fully saturated rings. The highest BCUT2D eigenvalue weighted by atomic mass is 32.2. The molecular formula is C26H38S4. The zero-order valence-corrected chi connectivity index (χ0v) is 22.9. The summed E-state index contributed by atoms with van der Waals surface area (Å²) in [4.78, 5) is 6.16. The van der Waals surface area contributed by atoms with Gasteiger partial charge in [-0.1, -0.05) is 67.2 Å².